The Morgan fingerprint density at radius 3 is 2.57 bits per heavy atom. The molecule has 2 aromatic carbocycles. The molecule has 1 saturated heterocycles. The van der Waals surface area contributed by atoms with E-state index in [1.165, 1.54) is 13.2 Å². The highest BCUT2D eigenvalue weighted by atomic mass is 16.5. The normalized spacial score (nSPS) is 19.7. The molecule has 3 aromatic rings. The van der Waals surface area contributed by atoms with Gasteiger partial charge in [-0.05, 0) is 67.3 Å². The summed E-state index contributed by atoms with van der Waals surface area (Å²) in [6, 6.07) is 9.21. The van der Waals surface area contributed by atoms with E-state index in [9.17, 15) is 20.4 Å². The third-order valence-electron chi connectivity index (χ3n) is 7.25. The van der Waals surface area contributed by atoms with Crippen molar-refractivity contribution in [2.45, 2.75) is 83.0 Å². The van der Waals surface area contributed by atoms with Gasteiger partial charge in [0, 0.05) is 12.0 Å². The number of rotatable bonds is 11. The monoisotopic (exact) mass is 508 g/mol. The van der Waals surface area contributed by atoms with Gasteiger partial charge in [0.15, 0.2) is 11.5 Å². The highest BCUT2D eigenvalue weighted by Gasteiger charge is 2.33. The van der Waals surface area contributed by atoms with E-state index < -0.39 is 12.2 Å². The van der Waals surface area contributed by atoms with Gasteiger partial charge in [0.05, 0.1) is 25.4 Å². The van der Waals surface area contributed by atoms with Crippen LogP contribution >= 0.6 is 0 Å². The van der Waals surface area contributed by atoms with E-state index in [1.807, 2.05) is 12.1 Å². The zero-order valence-electron chi connectivity index (χ0n) is 21.7. The molecule has 37 heavy (non-hydrogen) atoms. The number of unbranched alkanes of at least 4 members (excludes halogenated alkanes) is 2. The van der Waals surface area contributed by atoms with Gasteiger partial charge in [0.1, 0.15) is 5.75 Å². The molecule has 0 radical (unpaired) electrons. The number of phenolic OH excluding ortho intramolecular Hbond substituents is 3. The third kappa shape index (κ3) is 6.59. The fourth-order valence-corrected chi connectivity index (χ4v) is 5.28. The first-order valence-corrected chi connectivity index (χ1v) is 13.2. The fourth-order valence-electron chi connectivity index (χ4n) is 5.28. The summed E-state index contributed by atoms with van der Waals surface area (Å²) in [6.07, 6.45) is 9.30. The molecule has 2 heterocycles. The van der Waals surface area contributed by atoms with Crippen molar-refractivity contribution in [2.75, 3.05) is 7.11 Å². The molecule has 0 saturated carbocycles. The second-order valence-electron chi connectivity index (χ2n) is 10.0. The fraction of sp³-hybridized carbons (Fsp3) is 0.467. The van der Waals surface area contributed by atoms with Crippen molar-refractivity contribution in [3.63, 3.8) is 0 Å². The number of aromatic hydroxyl groups is 3. The quantitative estimate of drug-likeness (QED) is 0.205. The molecular formula is C30H38NO6-. The first kappa shape index (κ1) is 26.9. The summed E-state index contributed by atoms with van der Waals surface area (Å²) in [5.41, 5.74) is 4.46. The molecule has 1 fully saturated rings. The minimum Gasteiger partial charge on any atom is -0.670 e. The van der Waals surface area contributed by atoms with E-state index >= 15 is 0 Å². The van der Waals surface area contributed by atoms with Gasteiger partial charge >= 0.3 is 0 Å². The maximum absolute atomic E-state index is 10.7. The Morgan fingerprint density at radius 2 is 1.84 bits per heavy atom. The molecule has 4 N–H and O–H groups in total. The van der Waals surface area contributed by atoms with Gasteiger partial charge in [-0.1, -0.05) is 43.5 Å². The Morgan fingerprint density at radius 1 is 1.00 bits per heavy atom. The van der Waals surface area contributed by atoms with Gasteiger partial charge in [-0.2, -0.15) is 12.4 Å². The molecule has 0 bridgehead atoms. The van der Waals surface area contributed by atoms with Crippen LogP contribution in [0.1, 0.15) is 79.4 Å². The predicted molar refractivity (Wildman–Crippen MR) is 141 cm³/mol. The topological polar surface area (TPSA) is 113 Å². The Balaban J connectivity index is 1.52. The molecule has 0 unspecified atom stereocenters. The second kappa shape index (κ2) is 12.4. The number of ether oxygens (including phenoxy) is 2. The molecule has 7 heteroatoms. The molecular weight excluding hydrogens is 470 g/mol. The maximum atomic E-state index is 10.7. The van der Waals surface area contributed by atoms with Crippen molar-refractivity contribution in [3.05, 3.63) is 70.5 Å². The van der Waals surface area contributed by atoms with E-state index in [4.69, 9.17) is 9.47 Å². The van der Waals surface area contributed by atoms with Crippen LogP contribution in [0.3, 0.4) is 0 Å². The summed E-state index contributed by atoms with van der Waals surface area (Å²) in [5, 5.41) is 41.9. The molecule has 1 aromatic heterocycles. The molecule has 0 spiro atoms. The number of aryl methyl sites for hydroxylation is 2. The lowest BCUT2D eigenvalue weighted by atomic mass is 9.89. The third-order valence-corrected chi connectivity index (χ3v) is 7.25. The molecule has 0 amide bonds. The lowest BCUT2D eigenvalue weighted by Crippen LogP contribution is -2.32. The summed E-state index contributed by atoms with van der Waals surface area (Å²) in [6.45, 7) is 2.17. The number of hydrogen-bond acceptors (Lipinski definition) is 6. The number of nitrogens with zero attached hydrogens (tertiary/aromatic N) is 1. The van der Waals surface area contributed by atoms with Crippen LogP contribution in [0.25, 0.3) is 0 Å². The van der Waals surface area contributed by atoms with E-state index in [2.05, 4.69) is 18.0 Å². The maximum Gasteiger partial charge on any atom is 0.200 e. The molecule has 7 nitrogen and oxygen atoms in total. The number of benzene rings is 2. The van der Waals surface area contributed by atoms with Crippen LogP contribution in [0.4, 0.5) is 0 Å². The molecule has 4 rings (SSSR count). The van der Waals surface area contributed by atoms with Gasteiger partial charge in [-0.15, -0.1) is 0 Å². The summed E-state index contributed by atoms with van der Waals surface area (Å²) in [5.74, 6) is -0.0408. The van der Waals surface area contributed by atoms with Crippen LogP contribution < -0.4 is 9.72 Å². The predicted octanol–water partition coefficient (Wildman–Crippen LogP) is 5.31. The van der Waals surface area contributed by atoms with Crippen molar-refractivity contribution in [2.24, 2.45) is 0 Å². The first-order valence-electron chi connectivity index (χ1n) is 13.2. The minimum atomic E-state index is -0.552. The van der Waals surface area contributed by atoms with Crippen molar-refractivity contribution in [3.8, 4) is 23.0 Å². The number of phenols is 3. The smallest absolute Gasteiger partial charge is 0.200 e. The first-order chi connectivity index (χ1) is 17.9. The van der Waals surface area contributed by atoms with E-state index in [0.29, 0.717) is 36.1 Å². The highest BCUT2D eigenvalue weighted by Crippen LogP contribution is 2.46. The van der Waals surface area contributed by atoms with Crippen molar-refractivity contribution in [1.29, 1.82) is 0 Å². The average Bonchev–Trinajstić information content (AvgIpc) is 3.39. The summed E-state index contributed by atoms with van der Waals surface area (Å²) in [4.78, 5) is 4.13. The van der Waals surface area contributed by atoms with E-state index in [1.54, 1.807) is 18.5 Å². The van der Waals surface area contributed by atoms with Crippen molar-refractivity contribution < 1.29 is 29.9 Å². The molecule has 1 aliphatic rings. The van der Waals surface area contributed by atoms with Crippen LogP contribution in [0.2, 0.25) is 0 Å². The van der Waals surface area contributed by atoms with Gasteiger partial charge < -0.3 is 34.9 Å². The molecule has 1 aliphatic heterocycles. The zero-order valence-corrected chi connectivity index (χ0v) is 21.7. The number of aliphatic hydroxyl groups excluding tert-OH is 1. The molecule has 200 valence electrons. The summed E-state index contributed by atoms with van der Waals surface area (Å²) in [7, 11) is 1.46. The van der Waals surface area contributed by atoms with E-state index in [-0.39, 0.29) is 23.4 Å². The van der Waals surface area contributed by atoms with Crippen LogP contribution in [-0.4, -0.2) is 39.7 Å². The van der Waals surface area contributed by atoms with Gasteiger partial charge in [0.2, 0.25) is 5.75 Å². The Hall–Kier alpha value is -3.16. The minimum absolute atomic E-state index is 0.179. The lowest BCUT2D eigenvalue weighted by molar-refractivity contribution is -0.100. The Labute approximate surface area is 218 Å². The molecule has 3 atom stereocenters. The largest absolute Gasteiger partial charge is 0.670 e. The Kier molecular flexibility index (Phi) is 9.00. The second-order valence-corrected chi connectivity index (χ2v) is 10.0. The van der Waals surface area contributed by atoms with Gasteiger partial charge in [-0.25, -0.2) is 0 Å². The average molecular weight is 509 g/mol. The Bertz CT molecular complexity index is 1160. The van der Waals surface area contributed by atoms with Gasteiger partial charge in [0.25, 0.3) is 0 Å². The van der Waals surface area contributed by atoms with Crippen LogP contribution in [0.15, 0.2) is 42.7 Å². The van der Waals surface area contributed by atoms with Crippen molar-refractivity contribution >= 4 is 0 Å². The summed E-state index contributed by atoms with van der Waals surface area (Å²) < 4.78 is 12.0. The van der Waals surface area contributed by atoms with Crippen LogP contribution in [0, 0.1) is 0 Å². The SMILES string of the molecule is CCCCCc1cc(CC[C@H]2C[C@@H](O)C[C@@H](c3cc(O)c(O)c(OC)c3Cc3cc[n-]c3)O2)ccc1O. The number of hydrogen-bond donors (Lipinski definition) is 4. The number of aliphatic hydroxyl groups is 1. The number of methoxy groups -OCH3 is 1. The lowest BCUT2D eigenvalue weighted by Gasteiger charge is -2.35. The molecule has 0 aliphatic carbocycles. The number of aromatic nitrogens is 1. The van der Waals surface area contributed by atoms with Gasteiger partial charge in [-0.3, -0.25) is 0 Å². The standard InChI is InChI=1S/C30H38NO6/c1-3-4-5-6-21-13-19(8-10-26(21)33)7-9-23-15-22(32)16-28(37-23)24-17-27(34)29(35)30(36-2)25(24)14-20-11-12-31-18-20/h8,10-13,17-18,22-23,28,32-35H,3-7,9,14-16H2,1-2H3/q-1/t22-,23+,28+/m1/s1. The highest BCUT2D eigenvalue weighted by molar-refractivity contribution is 5.59. The van der Waals surface area contributed by atoms with Crippen LogP contribution in [0.5, 0.6) is 23.0 Å². The van der Waals surface area contributed by atoms with Crippen LogP contribution in [-0.2, 0) is 24.0 Å². The summed E-state index contributed by atoms with van der Waals surface area (Å²) >= 11 is 0. The van der Waals surface area contributed by atoms with Crippen molar-refractivity contribution in [1.82, 2.24) is 4.98 Å². The van der Waals surface area contributed by atoms with E-state index in [0.717, 1.165) is 55.2 Å². The zero-order chi connectivity index (χ0) is 26.4.